The Morgan fingerprint density at radius 2 is 2.14 bits per heavy atom. The molecule has 1 aromatic heterocycles. The van der Waals surface area contributed by atoms with Gasteiger partial charge in [0.2, 0.25) is 12.3 Å². The molecule has 0 radical (unpaired) electrons. The number of ether oxygens (including phenoxy) is 1. The van der Waals surface area contributed by atoms with Crippen molar-refractivity contribution >= 4 is 30.6 Å². The number of aryl methyl sites for hydroxylation is 1. The maximum Gasteiger partial charge on any atom is 0.413 e. The summed E-state index contributed by atoms with van der Waals surface area (Å²) in [5.41, 5.74) is 2.10. The molecule has 0 aliphatic heterocycles. The van der Waals surface area contributed by atoms with Crippen LogP contribution in [0.1, 0.15) is 30.0 Å². The van der Waals surface area contributed by atoms with Crippen LogP contribution in [-0.2, 0) is 16.6 Å². The summed E-state index contributed by atoms with van der Waals surface area (Å²) < 4.78 is 6.76. The zero-order chi connectivity index (χ0) is 20.8. The lowest BCUT2D eigenvalue weighted by molar-refractivity contribution is -0.114. The smallest absolute Gasteiger partial charge is 0.394 e. The fraction of sp³-hybridized carbons (Fsp3) is 0.350. The van der Waals surface area contributed by atoms with Gasteiger partial charge >= 0.3 is 6.09 Å². The van der Waals surface area contributed by atoms with Gasteiger partial charge in [0, 0.05) is 13.1 Å². The molecule has 1 aromatic carbocycles. The van der Waals surface area contributed by atoms with E-state index in [2.05, 4.69) is 27.4 Å². The Morgan fingerprint density at radius 3 is 2.76 bits per heavy atom. The van der Waals surface area contributed by atoms with E-state index in [4.69, 9.17) is 10.1 Å². The third-order valence-corrected chi connectivity index (χ3v) is 4.94. The van der Waals surface area contributed by atoms with Crippen molar-refractivity contribution in [3.63, 3.8) is 0 Å². The Bertz CT molecular complexity index is 902. The van der Waals surface area contributed by atoms with Crippen LogP contribution >= 0.6 is 0 Å². The van der Waals surface area contributed by atoms with Gasteiger partial charge in [-0.15, -0.1) is 0 Å². The molecule has 0 saturated heterocycles. The third-order valence-electron chi connectivity index (χ3n) is 4.94. The van der Waals surface area contributed by atoms with Crippen molar-refractivity contribution in [1.29, 1.82) is 5.41 Å². The molecule has 2 N–H and O–H groups in total. The first-order chi connectivity index (χ1) is 14.0. The molecular formula is C20H24N6O3. The average Bonchev–Trinajstić information content (AvgIpc) is 3.00. The van der Waals surface area contributed by atoms with Crippen LogP contribution in [0.4, 0.5) is 10.6 Å². The Hall–Kier alpha value is -3.49. The lowest BCUT2D eigenvalue weighted by Crippen LogP contribution is -2.44. The molecular weight excluding hydrogens is 372 g/mol. The third kappa shape index (κ3) is 5.28. The summed E-state index contributed by atoms with van der Waals surface area (Å²) in [4.78, 5) is 32.5. The molecule has 29 heavy (non-hydrogen) atoms. The highest BCUT2D eigenvalue weighted by molar-refractivity contribution is 5.90. The minimum Gasteiger partial charge on any atom is -0.394 e. The Labute approximate surface area is 168 Å². The number of aliphatic imine (C=N–C) groups is 1. The van der Waals surface area contributed by atoms with Crippen molar-refractivity contribution in [2.75, 3.05) is 6.54 Å². The highest BCUT2D eigenvalue weighted by Crippen LogP contribution is 2.36. The second-order valence-corrected chi connectivity index (χ2v) is 7.02. The summed E-state index contributed by atoms with van der Waals surface area (Å²) in [6, 6.07) is 10.2. The topological polar surface area (TPSA) is 113 Å². The second kappa shape index (κ2) is 9.13. The Balaban J connectivity index is 1.42. The molecule has 9 heteroatoms. The van der Waals surface area contributed by atoms with Gasteiger partial charge in [-0.05, 0) is 31.2 Å². The van der Waals surface area contributed by atoms with Crippen LogP contribution in [0.15, 0.2) is 41.7 Å². The molecule has 0 bridgehead atoms. The molecule has 3 rings (SSSR count). The number of carbonyl (C=O) groups excluding carboxylic acids is 2. The molecule has 1 aliphatic rings. The van der Waals surface area contributed by atoms with Gasteiger partial charge in [-0.3, -0.25) is 15.1 Å². The van der Waals surface area contributed by atoms with E-state index in [9.17, 15) is 9.59 Å². The number of aromatic nitrogens is 2. The average molecular weight is 396 g/mol. The van der Waals surface area contributed by atoms with E-state index in [0.29, 0.717) is 18.1 Å². The van der Waals surface area contributed by atoms with E-state index >= 15 is 0 Å². The van der Waals surface area contributed by atoms with Gasteiger partial charge in [0.15, 0.2) is 5.82 Å². The maximum absolute atomic E-state index is 12.0. The largest absolute Gasteiger partial charge is 0.413 e. The van der Waals surface area contributed by atoms with Crippen LogP contribution in [0, 0.1) is 12.3 Å². The number of nitrogens with zero attached hydrogens (tertiary/aromatic N) is 4. The van der Waals surface area contributed by atoms with Crippen LogP contribution in [0.25, 0.3) is 0 Å². The van der Waals surface area contributed by atoms with Crippen molar-refractivity contribution in [3.8, 4) is 0 Å². The van der Waals surface area contributed by atoms with Crippen LogP contribution in [0.3, 0.4) is 0 Å². The van der Waals surface area contributed by atoms with E-state index in [1.54, 1.807) is 10.9 Å². The second-order valence-electron chi connectivity index (χ2n) is 7.02. The Kier molecular flexibility index (Phi) is 6.38. The van der Waals surface area contributed by atoms with E-state index < -0.39 is 6.09 Å². The number of alkyl carbamates (subject to hydrolysis) is 1. The van der Waals surface area contributed by atoms with Gasteiger partial charge < -0.3 is 14.6 Å². The van der Waals surface area contributed by atoms with Gasteiger partial charge in [-0.25, -0.2) is 14.8 Å². The standard InChI is InChI=1S/C20H24N6O3/c1-14-19(22-11-25(14)2)23-12-26(13-27)10-18(21)29-20(28)24-17-8-16(9-17)15-6-4-3-5-7-15/h3-7,11-13,16-17,21H,8-10H2,1-2H3,(H,24,28). The van der Waals surface area contributed by atoms with Crippen LogP contribution in [0.2, 0.25) is 0 Å². The van der Waals surface area contributed by atoms with Gasteiger partial charge in [-0.2, -0.15) is 0 Å². The summed E-state index contributed by atoms with van der Waals surface area (Å²) in [6.07, 6.45) is 4.37. The van der Waals surface area contributed by atoms with Crippen LogP contribution < -0.4 is 5.32 Å². The summed E-state index contributed by atoms with van der Waals surface area (Å²) >= 11 is 0. The monoisotopic (exact) mass is 396 g/mol. The predicted octanol–water partition coefficient (Wildman–Crippen LogP) is 2.50. The summed E-state index contributed by atoms with van der Waals surface area (Å²) in [5.74, 6) is 0.554. The van der Waals surface area contributed by atoms with Gasteiger partial charge in [0.1, 0.15) is 12.9 Å². The van der Waals surface area contributed by atoms with Crippen molar-refractivity contribution < 1.29 is 14.3 Å². The molecule has 0 atom stereocenters. The summed E-state index contributed by atoms with van der Waals surface area (Å²) in [7, 11) is 1.84. The molecule has 2 amide bonds. The SMILES string of the molecule is Cc1c(N=CN(C=O)CC(=N)OC(=O)NC2CC(c3ccccc3)C2)ncn1C. The number of amides is 2. The molecule has 152 valence electrons. The molecule has 9 nitrogen and oxygen atoms in total. The molecule has 1 saturated carbocycles. The van der Waals surface area contributed by atoms with E-state index in [1.165, 1.54) is 11.9 Å². The number of imidazole rings is 1. The molecule has 0 spiro atoms. The van der Waals surface area contributed by atoms with Crippen molar-refractivity contribution in [2.45, 2.75) is 31.7 Å². The van der Waals surface area contributed by atoms with E-state index in [0.717, 1.165) is 23.4 Å². The van der Waals surface area contributed by atoms with Crippen LogP contribution in [0.5, 0.6) is 0 Å². The summed E-state index contributed by atoms with van der Waals surface area (Å²) in [5, 5.41) is 10.6. The number of hydrogen-bond acceptors (Lipinski definition) is 6. The zero-order valence-corrected chi connectivity index (χ0v) is 16.4. The first-order valence-corrected chi connectivity index (χ1v) is 9.30. The normalized spacial score (nSPS) is 18.1. The number of carbonyl (C=O) groups is 2. The maximum atomic E-state index is 12.0. The molecule has 1 aliphatic carbocycles. The Morgan fingerprint density at radius 1 is 1.41 bits per heavy atom. The lowest BCUT2D eigenvalue weighted by Gasteiger charge is -2.35. The highest BCUT2D eigenvalue weighted by atomic mass is 16.6. The first-order valence-electron chi connectivity index (χ1n) is 9.30. The van der Waals surface area contributed by atoms with Gasteiger partial charge in [0.25, 0.3) is 0 Å². The van der Waals surface area contributed by atoms with Crippen molar-refractivity contribution in [2.24, 2.45) is 12.0 Å². The van der Waals surface area contributed by atoms with Crippen molar-refractivity contribution in [1.82, 2.24) is 19.8 Å². The fourth-order valence-electron chi connectivity index (χ4n) is 3.08. The minimum absolute atomic E-state index is 0.0244. The number of hydrogen-bond donors (Lipinski definition) is 2. The van der Waals surface area contributed by atoms with E-state index in [1.807, 2.05) is 32.2 Å². The predicted molar refractivity (Wildman–Crippen MR) is 108 cm³/mol. The zero-order valence-electron chi connectivity index (χ0n) is 16.4. The number of benzene rings is 1. The molecule has 1 heterocycles. The minimum atomic E-state index is -0.685. The number of nitrogens with one attached hydrogen (secondary N) is 2. The lowest BCUT2D eigenvalue weighted by atomic mass is 9.76. The summed E-state index contributed by atoms with van der Waals surface area (Å²) in [6.45, 7) is 1.65. The number of rotatable bonds is 7. The highest BCUT2D eigenvalue weighted by Gasteiger charge is 2.31. The van der Waals surface area contributed by atoms with Crippen LogP contribution in [-0.4, -0.2) is 51.8 Å². The molecule has 2 aromatic rings. The van der Waals surface area contributed by atoms with E-state index in [-0.39, 0.29) is 18.5 Å². The fourth-order valence-corrected chi connectivity index (χ4v) is 3.08. The van der Waals surface area contributed by atoms with Crippen molar-refractivity contribution in [3.05, 3.63) is 47.9 Å². The quantitative estimate of drug-likeness (QED) is 0.425. The molecule has 1 fully saturated rings. The van der Waals surface area contributed by atoms with Gasteiger partial charge in [-0.1, -0.05) is 30.3 Å². The molecule has 0 unspecified atom stereocenters. The first kappa shape index (κ1) is 20.2. The van der Waals surface area contributed by atoms with Gasteiger partial charge in [0.05, 0.1) is 12.0 Å².